The van der Waals surface area contributed by atoms with Crippen LogP contribution in [0.2, 0.25) is 0 Å². The van der Waals surface area contributed by atoms with Gasteiger partial charge in [0.1, 0.15) is 5.60 Å². The molecule has 0 bridgehead atoms. The summed E-state index contributed by atoms with van der Waals surface area (Å²) in [5.74, 6) is -0.851. The summed E-state index contributed by atoms with van der Waals surface area (Å²) in [6, 6.07) is 9.70. The Kier molecular flexibility index (Phi) is 3.22. The minimum Gasteiger partial charge on any atom is -0.481 e. The van der Waals surface area contributed by atoms with E-state index < -0.39 is 11.6 Å². The molecule has 0 aromatic heterocycles. The predicted octanol–water partition coefficient (Wildman–Crippen LogP) is 1.45. The van der Waals surface area contributed by atoms with Crippen LogP contribution in [0.3, 0.4) is 0 Å². The van der Waals surface area contributed by atoms with Crippen molar-refractivity contribution in [2.45, 2.75) is 18.6 Å². The van der Waals surface area contributed by atoms with E-state index in [-0.39, 0.29) is 6.42 Å². The highest BCUT2D eigenvalue weighted by atomic mass is 16.6. The van der Waals surface area contributed by atoms with E-state index in [0.717, 1.165) is 5.56 Å². The normalized spacial score (nSPS) is 17.8. The molecule has 4 nitrogen and oxygen atoms in total. The summed E-state index contributed by atoms with van der Waals surface area (Å²) in [4.78, 5) is 10.7. The van der Waals surface area contributed by atoms with Crippen LogP contribution in [0.4, 0.5) is 0 Å². The molecule has 2 rings (SSSR count). The average Bonchev–Trinajstić information content (AvgIpc) is 2.23. The molecule has 1 fully saturated rings. The minimum absolute atomic E-state index is 0.000165. The zero-order valence-corrected chi connectivity index (χ0v) is 8.89. The van der Waals surface area contributed by atoms with Gasteiger partial charge in [-0.15, -0.1) is 0 Å². The smallest absolute Gasteiger partial charge is 0.306 e. The van der Waals surface area contributed by atoms with E-state index in [1.54, 1.807) is 0 Å². The van der Waals surface area contributed by atoms with E-state index in [0.29, 0.717) is 19.8 Å². The number of carbonyl (C=O) groups is 1. The highest BCUT2D eigenvalue weighted by Gasteiger charge is 2.41. The first-order valence-corrected chi connectivity index (χ1v) is 5.18. The standard InChI is InChI=1S/C12H14O4/c13-11(14)6-12(8-15-9-12)16-7-10-4-2-1-3-5-10/h1-5H,6-9H2,(H,13,14). The van der Waals surface area contributed by atoms with Crippen molar-refractivity contribution in [2.75, 3.05) is 13.2 Å². The van der Waals surface area contributed by atoms with Crippen molar-refractivity contribution < 1.29 is 19.4 Å². The summed E-state index contributed by atoms with van der Waals surface area (Å²) in [6.07, 6.45) is -0.000165. The molecule has 0 atom stereocenters. The second-order valence-electron chi connectivity index (χ2n) is 4.02. The molecule has 0 aliphatic carbocycles. The maximum atomic E-state index is 10.7. The Hall–Kier alpha value is -1.39. The van der Waals surface area contributed by atoms with Crippen molar-refractivity contribution in [3.63, 3.8) is 0 Å². The van der Waals surface area contributed by atoms with E-state index in [1.165, 1.54) is 0 Å². The van der Waals surface area contributed by atoms with Crippen molar-refractivity contribution in [1.82, 2.24) is 0 Å². The molecule has 0 amide bonds. The fraction of sp³-hybridized carbons (Fsp3) is 0.417. The van der Waals surface area contributed by atoms with Gasteiger partial charge < -0.3 is 14.6 Å². The van der Waals surface area contributed by atoms with Crippen LogP contribution < -0.4 is 0 Å². The van der Waals surface area contributed by atoms with Gasteiger partial charge in [-0.1, -0.05) is 30.3 Å². The molecular formula is C12H14O4. The molecule has 0 radical (unpaired) electrons. The number of benzene rings is 1. The Bertz CT molecular complexity index is 357. The molecular weight excluding hydrogens is 208 g/mol. The number of hydrogen-bond acceptors (Lipinski definition) is 3. The van der Waals surface area contributed by atoms with Gasteiger partial charge in [-0.3, -0.25) is 4.79 Å². The second kappa shape index (κ2) is 4.63. The van der Waals surface area contributed by atoms with Crippen LogP contribution in [0, 0.1) is 0 Å². The highest BCUT2D eigenvalue weighted by molar-refractivity contribution is 5.68. The summed E-state index contributed by atoms with van der Waals surface area (Å²) in [6.45, 7) is 1.16. The highest BCUT2D eigenvalue weighted by Crippen LogP contribution is 2.27. The molecule has 1 aromatic rings. The summed E-state index contributed by atoms with van der Waals surface area (Å²) < 4.78 is 10.7. The molecule has 4 heteroatoms. The molecule has 1 heterocycles. The van der Waals surface area contributed by atoms with E-state index >= 15 is 0 Å². The monoisotopic (exact) mass is 222 g/mol. The number of carboxylic acid groups (broad SMARTS) is 1. The Morgan fingerprint density at radius 1 is 1.38 bits per heavy atom. The quantitative estimate of drug-likeness (QED) is 0.819. The molecule has 1 N–H and O–H groups in total. The lowest BCUT2D eigenvalue weighted by Gasteiger charge is -2.40. The molecule has 0 spiro atoms. The minimum atomic E-state index is -0.851. The Labute approximate surface area is 93.8 Å². The SMILES string of the molecule is O=C(O)CC1(OCc2ccccc2)COC1. The van der Waals surface area contributed by atoms with Crippen LogP contribution in [0.25, 0.3) is 0 Å². The number of carboxylic acids is 1. The predicted molar refractivity (Wildman–Crippen MR) is 57.0 cm³/mol. The van der Waals surface area contributed by atoms with E-state index in [9.17, 15) is 4.79 Å². The lowest BCUT2D eigenvalue weighted by molar-refractivity contribution is -0.221. The van der Waals surface area contributed by atoms with Crippen LogP contribution >= 0.6 is 0 Å². The van der Waals surface area contributed by atoms with Gasteiger partial charge in [0.25, 0.3) is 0 Å². The number of rotatable bonds is 5. The third-order valence-electron chi connectivity index (χ3n) is 2.59. The summed E-state index contributed by atoms with van der Waals surface area (Å²) in [5.41, 5.74) is 0.418. The summed E-state index contributed by atoms with van der Waals surface area (Å²) in [7, 11) is 0. The van der Waals surface area contributed by atoms with E-state index in [1.807, 2.05) is 30.3 Å². The number of hydrogen-bond donors (Lipinski definition) is 1. The van der Waals surface area contributed by atoms with Crippen LogP contribution in [0.15, 0.2) is 30.3 Å². The van der Waals surface area contributed by atoms with Crippen LogP contribution in [0.1, 0.15) is 12.0 Å². The van der Waals surface area contributed by atoms with Gasteiger partial charge in [0.2, 0.25) is 0 Å². The van der Waals surface area contributed by atoms with Crippen molar-refractivity contribution in [3.8, 4) is 0 Å². The first-order chi connectivity index (χ1) is 7.70. The first-order valence-electron chi connectivity index (χ1n) is 5.18. The Morgan fingerprint density at radius 2 is 2.06 bits per heavy atom. The van der Waals surface area contributed by atoms with Gasteiger partial charge in [-0.2, -0.15) is 0 Å². The van der Waals surface area contributed by atoms with Crippen LogP contribution in [0.5, 0.6) is 0 Å². The molecule has 1 aromatic carbocycles. The molecule has 0 unspecified atom stereocenters. The van der Waals surface area contributed by atoms with Crippen molar-refractivity contribution in [2.24, 2.45) is 0 Å². The zero-order chi connectivity index (χ0) is 11.4. The van der Waals surface area contributed by atoms with Gasteiger partial charge in [-0.05, 0) is 5.56 Å². The first kappa shape index (κ1) is 11.1. The topological polar surface area (TPSA) is 55.8 Å². The molecule has 1 saturated heterocycles. The largest absolute Gasteiger partial charge is 0.481 e. The fourth-order valence-corrected chi connectivity index (χ4v) is 1.65. The lowest BCUT2D eigenvalue weighted by atomic mass is 9.97. The summed E-state index contributed by atoms with van der Waals surface area (Å²) in [5, 5.41) is 8.78. The Morgan fingerprint density at radius 3 is 2.56 bits per heavy atom. The number of aliphatic carboxylic acids is 1. The van der Waals surface area contributed by atoms with Crippen molar-refractivity contribution in [1.29, 1.82) is 0 Å². The third kappa shape index (κ3) is 2.59. The maximum absolute atomic E-state index is 10.7. The molecule has 86 valence electrons. The zero-order valence-electron chi connectivity index (χ0n) is 8.89. The van der Waals surface area contributed by atoms with Gasteiger partial charge in [0.15, 0.2) is 0 Å². The maximum Gasteiger partial charge on any atom is 0.306 e. The average molecular weight is 222 g/mol. The van der Waals surface area contributed by atoms with Gasteiger partial charge in [0.05, 0.1) is 26.2 Å². The lowest BCUT2D eigenvalue weighted by Crippen LogP contribution is -2.53. The van der Waals surface area contributed by atoms with Gasteiger partial charge in [0, 0.05) is 0 Å². The third-order valence-corrected chi connectivity index (χ3v) is 2.59. The summed E-state index contributed by atoms with van der Waals surface area (Å²) >= 11 is 0. The van der Waals surface area contributed by atoms with E-state index in [4.69, 9.17) is 14.6 Å². The van der Waals surface area contributed by atoms with Gasteiger partial charge >= 0.3 is 5.97 Å². The Balaban J connectivity index is 1.90. The molecule has 1 aliphatic rings. The van der Waals surface area contributed by atoms with Crippen molar-refractivity contribution >= 4 is 5.97 Å². The fourth-order valence-electron chi connectivity index (χ4n) is 1.65. The molecule has 1 aliphatic heterocycles. The van der Waals surface area contributed by atoms with Crippen LogP contribution in [-0.4, -0.2) is 29.9 Å². The molecule has 16 heavy (non-hydrogen) atoms. The van der Waals surface area contributed by atoms with Gasteiger partial charge in [-0.25, -0.2) is 0 Å². The van der Waals surface area contributed by atoms with Crippen molar-refractivity contribution in [3.05, 3.63) is 35.9 Å². The molecule has 0 saturated carbocycles. The van der Waals surface area contributed by atoms with Crippen LogP contribution in [-0.2, 0) is 20.9 Å². The van der Waals surface area contributed by atoms with E-state index in [2.05, 4.69) is 0 Å². The number of ether oxygens (including phenoxy) is 2. The second-order valence-corrected chi connectivity index (χ2v) is 4.02.